The quantitative estimate of drug-likeness (QED) is 0.913. The van der Waals surface area contributed by atoms with Crippen molar-refractivity contribution in [1.82, 2.24) is 4.98 Å². The van der Waals surface area contributed by atoms with Gasteiger partial charge in [-0.2, -0.15) is 0 Å². The van der Waals surface area contributed by atoms with Gasteiger partial charge in [-0.05, 0) is 31.2 Å². The van der Waals surface area contributed by atoms with Crippen LogP contribution in [0, 0.1) is 12.7 Å². The van der Waals surface area contributed by atoms with Crippen molar-refractivity contribution in [2.24, 2.45) is 0 Å². The number of halogens is 2. The second-order valence-electron chi connectivity index (χ2n) is 4.26. The van der Waals surface area contributed by atoms with E-state index in [0.29, 0.717) is 5.69 Å². The number of anilines is 1. The van der Waals surface area contributed by atoms with E-state index >= 15 is 0 Å². The van der Waals surface area contributed by atoms with Gasteiger partial charge in [-0.25, -0.2) is 9.18 Å². The number of carbonyl (C=O) groups is 2. The van der Waals surface area contributed by atoms with Gasteiger partial charge in [0.1, 0.15) is 5.82 Å². The summed E-state index contributed by atoms with van der Waals surface area (Å²) in [7, 11) is 0. The molecule has 5 nitrogen and oxygen atoms in total. The summed E-state index contributed by atoms with van der Waals surface area (Å²) in [5.74, 6) is -2.86. The van der Waals surface area contributed by atoms with Crippen LogP contribution in [0.1, 0.15) is 26.4 Å². The topological polar surface area (TPSA) is 79.3 Å². The number of nitrogens with zero attached hydrogens (tertiary/aromatic N) is 1. The first-order chi connectivity index (χ1) is 9.88. The van der Waals surface area contributed by atoms with Crippen molar-refractivity contribution in [2.75, 3.05) is 5.32 Å². The zero-order valence-electron chi connectivity index (χ0n) is 10.9. The highest BCUT2D eigenvalue weighted by Gasteiger charge is 2.14. The van der Waals surface area contributed by atoms with Gasteiger partial charge in [0.15, 0.2) is 0 Å². The fourth-order valence-corrected chi connectivity index (χ4v) is 1.95. The molecule has 1 amide bonds. The van der Waals surface area contributed by atoms with Gasteiger partial charge in [0.05, 0.1) is 16.1 Å². The lowest BCUT2D eigenvalue weighted by Crippen LogP contribution is -2.14. The van der Waals surface area contributed by atoms with Gasteiger partial charge in [0.25, 0.3) is 5.91 Å². The number of aromatic nitrogens is 1. The molecule has 0 saturated heterocycles. The Morgan fingerprint density at radius 2 is 2.00 bits per heavy atom. The number of pyridine rings is 1. The van der Waals surface area contributed by atoms with Gasteiger partial charge in [-0.3, -0.25) is 9.78 Å². The molecule has 1 aromatic heterocycles. The van der Waals surface area contributed by atoms with Gasteiger partial charge in [-0.1, -0.05) is 11.6 Å². The number of aryl methyl sites for hydroxylation is 1. The molecule has 108 valence electrons. The summed E-state index contributed by atoms with van der Waals surface area (Å²) in [5, 5.41) is 11.5. The summed E-state index contributed by atoms with van der Waals surface area (Å²) < 4.78 is 13.3. The summed E-state index contributed by atoms with van der Waals surface area (Å²) >= 11 is 5.94. The largest absolute Gasteiger partial charge is 0.478 e. The lowest BCUT2D eigenvalue weighted by Gasteiger charge is -2.08. The summed E-state index contributed by atoms with van der Waals surface area (Å²) in [6.07, 6.45) is 1.31. The van der Waals surface area contributed by atoms with Gasteiger partial charge < -0.3 is 10.4 Å². The Hall–Kier alpha value is -2.47. The van der Waals surface area contributed by atoms with Crippen LogP contribution in [0.5, 0.6) is 0 Å². The first-order valence-corrected chi connectivity index (χ1v) is 6.22. The highest BCUT2D eigenvalue weighted by molar-refractivity contribution is 6.34. The van der Waals surface area contributed by atoms with E-state index in [4.69, 9.17) is 16.7 Å². The van der Waals surface area contributed by atoms with Gasteiger partial charge in [0.2, 0.25) is 0 Å². The maximum Gasteiger partial charge on any atom is 0.338 e. The first kappa shape index (κ1) is 14.9. The molecule has 2 aromatic rings. The zero-order valence-corrected chi connectivity index (χ0v) is 11.6. The molecule has 21 heavy (non-hydrogen) atoms. The normalized spacial score (nSPS) is 10.2. The molecule has 0 atom stereocenters. The van der Waals surface area contributed by atoms with Crippen molar-refractivity contribution in [3.8, 4) is 0 Å². The Labute approximate surface area is 124 Å². The maximum atomic E-state index is 13.3. The van der Waals surface area contributed by atoms with E-state index in [-0.39, 0.29) is 16.3 Å². The molecule has 0 saturated carbocycles. The molecular weight excluding hydrogens is 299 g/mol. The predicted molar refractivity (Wildman–Crippen MR) is 75.3 cm³/mol. The van der Waals surface area contributed by atoms with Crippen LogP contribution in [0.25, 0.3) is 0 Å². The van der Waals surface area contributed by atoms with Gasteiger partial charge in [0, 0.05) is 17.6 Å². The molecule has 0 radical (unpaired) electrons. The molecule has 2 N–H and O–H groups in total. The second kappa shape index (κ2) is 5.88. The maximum absolute atomic E-state index is 13.3. The van der Waals surface area contributed by atoms with Crippen LogP contribution in [0.15, 0.2) is 30.5 Å². The van der Waals surface area contributed by atoms with Crippen molar-refractivity contribution < 1.29 is 19.1 Å². The molecule has 0 unspecified atom stereocenters. The average Bonchev–Trinajstić information content (AvgIpc) is 2.40. The summed E-state index contributed by atoms with van der Waals surface area (Å²) in [6, 6.07) is 4.79. The third kappa shape index (κ3) is 3.35. The van der Waals surface area contributed by atoms with Crippen LogP contribution in [0.3, 0.4) is 0 Å². The minimum Gasteiger partial charge on any atom is -0.478 e. The van der Waals surface area contributed by atoms with E-state index in [9.17, 15) is 14.0 Å². The molecule has 0 bridgehead atoms. The minimum absolute atomic E-state index is 0.142. The lowest BCUT2D eigenvalue weighted by atomic mass is 10.1. The smallest absolute Gasteiger partial charge is 0.338 e. The molecule has 0 aliphatic heterocycles. The van der Waals surface area contributed by atoms with Crippen LogP contribution in [0.4, 0.5) is 10.1 Å². The fraction of sp³-hybridized carbons (Fsp3) is 0.0714. The number of benzene rings is 1. The van der Waals surface area contributed by atoms with Crippen molar-refractivity contribution in [2.45, 2.75) is 6.92 Å². The van der Waals surface area contributed by atoms with Crippen molar-refractivity contribution in [3.05, 3.63) is 58.1 Å². The van der Waals surface area contributed by atoms with E-state index in [2.05, 4.69) is 10.3 Å². The molecule has 1 heterocycles. The van der Waals surface area contributed by atoms with Crippen molar-refractivity contribution in [3.63, 3.8) is 0 Å². The van der Waals surface area contributed by atoms with Gasteiger partial charge in [-0.15, -0.1) is 0 Å². The first-order valence-electron chi connectivity index (χ1n) is 5.85. The molecule has 0 spiro atoms. The molecule has 0 aliphatic carbocycles. The molecule has 0 aliphatic rings. The Kier molecular flexibility index (Phi) is 4.18. The van der Waals surface area contributed by atoms with Crippen LogP contribution in [-0.4, -0.2) is 22.0 Å². The van der Waals surface area contributed by atoms with Crippen LogP contribution in [0.2, 0.25) is 5.02 Å². The standard InChI is InChI=1S/C14H10ClFN2O3/c1-7-4-11(15)10(6-17-7)13(19)18-8-2-3-12(16)9(5-8)14(20)21/h2-6H,1H3,(H,18,19)(H,20,21). The van der Waals surface area contributed by atoms with Gasteiger partial charge >= 0.3 is 5.97 Å². The SMILES string of the molecule is Cc1cc(Cl)c(C(=O)Nc2ccc(F)c(C(=O)O)c2)cn1. The number of nitrogens with one attached hydrogen (secondary N) is 1. The van der Waals surface area contributed by atoms with E-state index in [1.165, 1.54) is 18.3 Å². The highest BCUT2D eigenvalue weighted by Crippen LogP contribution is 2.19. The Bertz CT molecular complexity index is 734. The number of carboxylic acids is 1. The number of carbonyl (C=O) groups excluding carboxylic acids is 1. The molecule has 0 fully saturated rings. The summed E-state index contributed by atoms with van der Waals surface area (Å²) in [5.41, 5.74) is 0.423. The third-order valence-electron chi connectivity index (χ3n) is 2.69. The fourth-order valence-electron chi connectivity index (χ4n) is 1.66. The third-order valence-corrected chi connectivity index (χ3v) is 3.00. The predicted octanol–water partition coefficient (Wildman–Crippen LogP) is 3.13. The Morgan fingerprint density at radius 3 is 2.62 bits per heavy atom. The minimum atomic E-state index is -1.42. The summed E-state index contributed by atoms with van der Waals surface area (Å²) in [4.78, 5) is 26.8. The van der Waals surface area contributed by atoms with Crippen LogP contribution >= 0.6 is 11.6 Å². The molecule has 7 heteroatoms. The molecule has 1 aromatic carbocycles. The molecular formula is C14H10ClFN2O3. The zero-order chi connectivity index (χ0) is 15.6. The number of aromatic carboxylic acids is 1. The highest BCUT2D eigenvalue weighted by atomic mass is 35.5. The Morgan fingerprint density at radius 1 is 1.29 bits per heavy atom. The van der Waals surface area contributed by atoms with Crippen molar-refractivity contribution in [1.29, 1.82) is 0 Å². The number of hydrogen-bond donors (Lipinski definition) is 2. The number of rotatable bonds is 3. The number of hydrogen-bond acceptors (Lipinski definition) is 3. The molecule has 2 rings (SSSR count). The van der Waals surface area contributed by atoms with Crippen molar-refractivity contribution >= 4 is 29.2 Å². The average molecular weight is 309 g/mol. The lowest BCUT2D eigenvalue weighted by molar-refractivity contribution is 0.0691. The van der Waals surface area contributed by atoms with E-state index in [1.807, 2.05) is 0 Å². The Balaban J connectivity index is 2.27. The number of carboxylic acid groups (broad SMARTS) is 1. The van der Waals surface area contributed by atoms with E-state index < -0.39 is 23.3 Å². The summed E-state index contributed by atoms with van der Waals surface area (Å²) in [6.45, 7) is 1.73. The van der Waals surface area contributed by atoms with E-state index in [0.717, 1.165) is 12.1 Å². The monoisotopic (exact) mass is 308 g/mol. The van der Waals surface area contributed by atoms with E-state index in [1.54, 1.807) is 6.92 Å². The van der Waals surface area contributed by atoms with Crippen LogP contribution in [-0.2, 0) is 0 Å². The second-order valence-corrected chi connectivity index (χ2v) is 4.67. The van der Waals surface area contributed by atoms with Crippen LogP contribution < -0.4 is 5.32 Å². The number of amides is 1.